The van der Waals surface area contributed by atoms with Crippen molar-refractivity contribution in [2.45, 2.75) is 46.1 Å². The first-order valence-corrected chi connectivity index (χ1v) is 5.67. The molecule has 0 amide bonds. The Morgan fingerprint density at radius 3 is 1.62 bits per heavy atom. The van der Waals surface area contributed by atoms with Gasteiger partial charge in [0, 0.05) is 6.42 Å². The first kappa shape index (κ1) is 14.7. The minimum absolute atomic E-state index is 0.102. The molecule has 90 valence electrons. The van der Waals surface area contributed by atoms with Crippen molar-refractivity contribution in [3.63, 3.8) is 0 Å². The molecule has 16 heavy (non-hydrogen) atoms. The molecule has 0 radical (unpaired) electrons. The summed E-state index contributed by atoms with van der Waals surface area (Å²) in [6, 6.07) is 12.0. The van der Waals surface area contributed by atoms with Crippen molar-refractivity contribution in [1.29, 1.82) is 0 Å². The van der Waals surface area contributed by atoms with Crippen molar-refractivity contribution >= 4 is 5.97 Å². The number of carbonyl (C=O) groups is 1. The van der Waals surface area contributed by atoms with Crippen LogP contribution in [0.3, 0.4) is 0 Å². The van der Waals surface area contributed by atoms with Crippen molar-refractivity contribution in [3.8, 4) is 0 Å². The van der Waals surface area contributed by atoms with Gasteiger partial charge in [-0.25, -0.2) is 0 Å². The normalized spacial score (nSPS) is 10.0. The third-order valence-corrected chi connectivity index (χ3v) is 1.54. The van der Waals surface area contributed by atoms with Crippen molar-refractivity contribution in [1.82, 2.24) is 0 Å². The number of esters is 1. The second-order valence-corrected chi connectivity index (χ2v) is 4.49. The Morgan fingerprint density at radius 1 is 1.00 bits per heavy atom. The largest absolute Gasteiger partial charge is 0.460 e. The number of hydrogen-bond donors (Lipinski definition) is 0. The van der Waals surface area contributed by atoms with Crippen molar-refractivity contribution in [2.24, 2.45) is 0 Å². The van der Waals surface area contributed by atoms with Gasteiger partial charge in [-0.05, 0) is 27.2 Å². The fourth-order valence-electron chi connectivity index (χ4n) is 0.982. The van der Waals surface area contributed by atoms with Crippen LogP contribution in [0, 0.1) is 0 Å². The van der Waals surface area contributed by atoms with Gasteiger partial charge in [0.25, 0.3) is 0 Å². The maximum absolute atomic E-state index is 10.8. The van der Waals surface area contributed by atoms with E-state index in [1.807, 2.05) is 64.1 Å². The predicted octanol–water partition coefficient (Wildman–Crippen LogP) is 3.81. The van der Waals surface area contributed by atoms with Crippen LogP contribution in [0.25, 0.3) is 0 Å². The molecule has 0 unspecified atom stereocenters. The standard InChI is InChI=1S/C8H16O2.C6H6/c1-5-6-7(9)10-8(2,3)4;1-2-4-6-5-3-1/h5-6H2,1-4H3;1-6H. The smallest absolute Gasteiger partial charge is 0.306 e. The maximum atomic E-state index is 10.8. The molecule has 0 aliphatic carbocycles. The number of rotatable bonds is 2. The van der Waals surface area contributed by atoms with Crippen LogP contribution in [-0.2, 0) is 9.53 Å². The van der Waals surface area contributed by atoms with E-state index in [2.05, 4.69) is 0 Å². The van der Waals surface area contributed by atoms with E-state index in [0.717, 1.165) is 6.42 Å². The summed E-state index contributed by atoms with van der Waals surface area (Å²) in [4.78, 5) is 10.8. The van der Waals surface area contributed by atoms with Crippen LogP contribution < -0.4 is 0 Å². The van der Waals surface area contributed by atoms with Crippen LogP contribution in [-0.4, -0.2) is 11.6 Å². The molecule has 0 aliphatic heterocycles. The van der Waals surface area contributed by atoms with Gasteiger partial charge in [-0.2, -0.15) is 0 Å². The van der Waals surface area contributed by atoms with E-state index >= 15 is 0 Å². The molecule has 0 spiro atoms. The van der Waals surface area contributed by atoms with E-state index in [0.29, 0.717) is 6.42 Å². The van der Waals surface area contributed by atoms with Gasteiger partial charge in [-0.1, -0.05) is 43.3 Å². The molecule has 1 rings (SSSR count). The first-order chi connectivity index (χ1) is 7.45. The Bertz CT molecular complexity index is 246. The first-order valence-electron chi connectivity index (χ1n) is 5.67. The molecule has 1 aromatic rings. The molecule has 0 bridgehead atoms. The molecule has 0 N–H and O–H groups in total. The summed E-state index contributed by atoms with van der Waals surface area (Å²) in [5.74, 6) is -0.102. The van der Waals surface area contributed by atoms with Gasteiger partial charge in [0.05, 0.1) is 0 Å². The molecular formula is C14H22O2. The third kappa shape index (κ3) is 10.8. The fraction of sp³-hybridized carbons (Fsp3) is 0.500. The van der Waals surface area contributed by atoms with Gasteiger partial charge < -0.3 is 4.74 Å². The Hall–Kier alpha value is -1.31. The van der Waals surface area contributed by atoms with Gasteiger partial charge in [0.15, 0.2) is 0 Å². The van der Waals surface area contributed by atoms with Gasteiger partial charge >= 0.3 is 5.97 Å². The second-order valence-electron chi connectivity index (χ2n) is 4.49. The zero-order valence-electron chi connectivity index (χ0n) is 10.7. The maximum Gasteiger partial charge on any atom is 0.306 e. The summed E-state index contributed by atoms with van der Waals surface area (Å²) in [5, 5.41) is 0. The predicted molar refractivity (Wildman–Crippen MR) is 67.2 cm³/mol. The lowest BCUT2D eigenvalue weighted by molar-refractivity contribution is -0.154. The zero-order chi connectivity index (χ0) is 12.4. The highest BCUT2D eigenvalue weighted by atomic mass is 16.6. The van der Waals surface area contributed by atoms with E-state index in [-0.39, 0.29) is 11.6 Å². The molecule has 2 nitrogen and oxygen atoms in total. The lowest BCUT2D eigenvalue weighted by atomic mass is 10.2. The second kappa shape index (κ2) is 7.91. The highest BCUT2D eigenvalue weighted by Crippen LogP contribution is 2.08. The summed E-state index contributed by atoms with van der Waals surface area (Å²) >= 11 is 0. The Labute approximate surface area is 98.6 Å². The van der Waals surface area contributed by atoms with E-state index in [9.17, 15) is 4.79 Å². The Kier molecular flexibility index (Phi) is 7.27. The third-order valence-electron chi connectivity index (χ3n) is 1.54. The van der Waals surface area contributed by atoms with E-state index in [4.69, 9.17) is 4.74 Å². The molecule has 0 aromatic heterocycles. The lowest BCUT2D eigenvalue weighted by Gasteiger charge is -2.18. The number of ether oxygens (including phenoxy) is 1. The monoisotopic (exact) mass is 222 g/mol. The minimum atomic E-state index is -0.327. The molecule has 0 saturated heterocycles. The summed E-state index contributed by atoms with van der Waals surface area (Å²) in [7, 11) is 0. The quantitative estimate of drug-likeness (QED) is 0.711. The minimum Gasteiger partial charge on any atom is -0.460 e. The summed E-state index contributed by atoms with van der Waals surface area (Å²) < 4.78 is 5.04. The van der Waals surface area contributed by atoms with Crippen LogP contribution in [0.4, 0.5) is 0 Å². The van der Waals surface area contributed by atoms with Crippen LogP contribution in [0.15, 0.2) is 36.4 Å². The molecule has 0 heterocycles. The van der Waals surface area contributed by atoms with Crippen LogP contribution >= 0.6 is 0 Å². The van der Waals surface area contributed by atoms with Crippen molar-refractivity contribution in [3.05, 3.63) is 36.4 Å². The van der Waals surface area contributed by atoms with Gasteiger partial charge in [0.1, 0.15) is 5.60 Å². The molecule has 1 aromatic carbocycles. The average molecular weight is 222 g/mol. The Morgan fingerprint density at radius 2 is 1.38 bits per heavy atom. The van der Waals surface area contributed by atoms with E-state index in [1.165, 1.54) is 0 Å². The highest BCUT2D eigenvalue weighted by Gasteiger charge is 2.14. The highest BCUT2D eigenvalue weighted by molar-refractivity contribution is 5.69. The summed E-state index contributed by atoms with van der Waals surface area (Å²) in [5.41, 5.74) is -0.327. The van der Waals surface area contributed by atoms with Gasteiger partial charge in [-0.3, -0.25) is 4.79 Å². The average Bonchev–Trinajstić information content (AvgIpc) is 2.19. The lowest BCUT2D eigenvalue weighted by Crippen LogP contribution is -2.23. The molecule has 0 saturated carbocycles. The van der Waals surface area contributed by atoms with Crippen molar-refractivity contribution in [2.75, 3.05) is 0 Å². The Balaban J connectivity index is 0.000000315. The van der Waals surface area contributed by atoms with Crippen LogP contribution in [0.2, 0.25) is 0 Å². The number of benzene rings is 1. The summed E-state index contributed by atoms with van der Waals surface area (Å²) in [6.07, 6.45) is 1.38. The zero-order valence-corrected chi connectivity index (χ0v) is 10.7. The van der Waals surface area contributed by atoms with Gasteiger partial charge in [-0.15, -0.1) is 0 Å². The molecule has 2 heteroatoms. The van der Waals surface area contributed by atoms with E-state index < -0.39 is 0 Å². The fourth-order valence-corrected chi connectivity index (χ4v) is 0.982. The summed E-state index contributed by atoms with van der Waals surface area (Å²) in [6.45, 7) is 7.59. The molecule has 0 aliphatic rings. The topological polar surface area (TPSA) is 26.3 Å². The molecule has 0 atom stereocenters. The van der Waals surface area contributed by atoms with Crippen molar-refractivity contribution < 1.29 is 9.53 Å². The van der Waals surface area contributed by atoms with E-state index in [1.54, 1.807) is 0 Å². The molecular weight excluding hydrogens is 200 g/mol. The number of hydrogen-bond acceptors (Lipinski definition) is 2. The SMILES string of the molecule is CCCC(=O)OC(C)(C)C.c1ccccc1. The molecule has 0 fully saturated rings. The van der Waals surface area contributed by atoms with Crippen LogP contribution in [0.1, 0.15) is 40.5 Å². The number of carbonyl (C=O) groups excluding carboxylic acids is 1. The van der Waals surface area contributed by atoms with Crippen LogP contribution in [0.5, 0.6) is 0 Å². The van der Waals surface area contributed by atoms with Gasteiger partial charge in [0.2, 0.25) is 0 Å².